The van der Waals surface area contributed by atoms with E-state index in [0.717, 1.165) is 25.9 Å². The second-order valence-corrected chi connectivity index (χ2v) is 13.3. The summed E-state index contributed by atoms with van der Waals surface area (Å²) in [6, 6.07) is 29.8. The molecule has 0 bridgehead atoms. The zero-order valence-corrected chi connectivity index (χ0v) is 31.0. The Kier molecular flexibility index (Phi) is 21.1. The van der Waals surface area contributed by atoms with Crippen LogP contribution in [0.2, 0.25) is 0 Å². The summed E-state index contributed by atoms with van der Waals surface area (Å²) in [6.45, 7) is 5.50. The summed E-state index contributed by atoms with van der Waals surface area (Å²) < 4.78 is 22.3. The summed E-state index contributed by atoms with van der Waals surface area (Å²) in [4.78, 5) is 4.93. The first kappa shape index (κ1) is 42.8. The Morgan fingerprint density at radius 3 is 0.957 bits per heavy atom. The molecule has 224 valence electrons. The van der Waals surface area contributed by atoms with Gasteiger partial charge in [-0.3, -0.25) is 45.3 Å². The molecular formula is C34H32Li4N2O3S4. The molecule has 0 spiro atoms. The van der Waals surface area contributed by atoms with Crippen molar-refractivity contribution in [3.8, 4) is 42.3 Å². The molecule has 0 aliphatic rings. The summed E-state index contributed by atoms with van der Waals surface area (Å²) in [5.74, 6) is 0. The summed E-state index contributed by atoms with van der Waals surface area (Å²) >= 11 is 6.88. The molecule has 0 aliphatic heterocycles. The second kappa shape index (κ2) is 23.2. The summed E-state index contributed by atoms with van der Waals surface area (Å²) in [5, 5.41) is 8.02. The van der Waals surface area contributed by atoms with E-state index in [9.17, 15) is 0 Å². The third-order valence-electron chi connectivity index (χ3n) is 6.93. The Labute approximate surface area is 342 Å². The Bertz CT molecular complexity index is 1390. The van der Waals surface area contributed by atoms with Crippen molar-refractivity contribution in [3.05, 3.63) is 94.3 Å². The SMILES string of the molecule is [Li+].[Li+].[Li+].[Li+].[c-]1csc(-c2ccc(-c3c[c-]cs3)n2CCCOCCOCCOCCCn2c(-c3c[c-]cs3)ccc2-c2c[c-]cs2)c1. The van der Waals surface area contributed by atoms with E-state index in [0.29, 0.717) is 39.6 Å². The third-order valence-corrected chi connectivity index (χ3v) is 10.3. The molecule has 0 saturated heterocycles. The number of rotatable bonds is 18. The van der Waals surface area contributed by atoms with Crippen molar-refractivity contribution in [2.75, 3.05) is 39.6 Å². The van der Waals surface area contributed by atoms with E-state index in [1.54, 1.807) is 45.3 Å². The van der Waals surface area contributed by atoms with Crippen molar-refractivity contribution in [2.45, 2.75) is 25.9 Å². The summed E-state index contributed by atoms with van der Waals surface area (Å²) in [6.07, 6.45) is 1.87. The third kappa shape index (κ3) is 11.8. The molecule has 6 heterocycles. The number of aromatic nitrogens is 2. The molecule has 47 heavy (non-hydrogen) atoms. The Hall–Kier alpha value is -0.370. The van der Waals surface area contributed by atoms with Gasteiger partial charge in [-0.15, -0.1) is 41.0 Å². The van der Waals surface area contributed by atoms with E-state index in [-0.39, 0.29) is 75.4 Å². The van der Waals surface area contributed by atoms with Crippen molar-refractivity contribution in [3.63, 3.8) is 0 Å². The van der Waals surface area contributed by atoms with Crippen molar-refractivity contribution < 1.29 is 89.7 Å². The van der Waals surface area contributed by atoms with Gasteiger partial charge in [0.05, 0.1) is 26.4 Å². The van der Waals surface area contributed by atoms with Gasteiger partial charge in [0.15, 0.2) is 0 Å². The van der Waals surface area contributed by atoms with E-state index in [4.69, 9.17) is 14.2 Å². The molecule has 0 N–H and O–H groups in total. The van der Waals surface area contributed by atoms with E-state index in [2.05, 4.69) is 81.9 Å². The van der Waals surface area contributed by atoms with Crippen LogP contribution in [0.25, 0.3) is 42.3 Å². The second-order valence-electron chi connectivity index (χ2n) is 9.70. The van der Waals surface area contributed by atoms with Crippen molar-refractivity contribution in [2.24, 2.45) is 0 Å². The molecule has 0 fully saturated rings. The molecule has 5 nitrogen and oxygen atoms in total. The number of thiophene rings is 4. The standard InChI is InChI=1S/C34H32N2O3S4.4Li/c1-7-31(40-23-1)27-11-12-28(32-8-2-24-41-32)35(27)15-5-17-37-19-21-39-22-20-38-18-6-16-36-29(33-9-3-25-42-33)13-14-30(36)34-10-4-26-43-34;;;;/h7-14,23-26H,5-6,15-22H2;;;;/q-4;4*+1. The van der Waals surface area contributed by atoms with E-state index in [1.165, 1.54) is 42.3 Å². The van der Waals surface area contributed by atoms with Gasteiger partial charge in [0.2, 0.25) is 0 Å². The van der Waals surface area contributed by atoms with Crippen LogP contribution in [0.5, 0.6) is 0 Å². The van der Waals surface area contributed by atoms with E-state index in [1.807, 2.05) is 21.5 Å². The largest absolute Gasteiger partial charge is 1.00 e. The molecule has 0 atom stereocenters. The molecule has 0 aliphatic carbocycles. The summed E-state index contributed by atoms with van der Waals surface area (Å²) in [5.41, 5.74) is 4.92. The van der Waals surface area contributed by atoms with Crippen molar-refractivity contribution >= 4 is 45.3 Å². The van der Waals surface area contributed by atoms with Crippen molar-refractivity contribution in [1.29, 1.82) is 0 Å². The number of hydrogen-bond acceptors (Lipinski definition) is 7. The Balaban J connectivity index is 0.00000192. The minimum Gasteiger partial charge on any atom is -0.379 e. The molecular weight excluding hydrogens is 640 g/mol. The minimum absolute atomic E-state index is 0. The van der Waals surface area contributed by atoms with Crippen LogP contribution in [0, 0.1) is 24.3 Å². The van der Waals surface area contributed by atoms with Gasteiger partial charge in [-0.1, -0.05) is 24.3 Å². The fraction of sp³-hybridized carbons (Fsp3) is 0.294. The van der Waals surface area contributed by atoms with Gasteiger partial charge < -0.3 is 23.3 Å². The fourth-order valence-corrected chi connectivity index (χ4v) is 7.76. The normalized spacial score (nSPS) is 10.6. The average Bonchev–Trinajstić information content (AvgIpc) is 3.87. The van der Waals surface area contributed by atoms with Crippen LogP contribution in [0.15, 0.2) is 70.1 Å². The number of nitrogens with zero attached hydrogens (tertiary/aromatic N) is 2. The quantitative estimate of drug-likeness (QED) is 0.0554. The predicted molar refractivity (Wildman–Crippen MR) is 179 cm³/mol. The van der Waals surface area contributed by atoms with Crippen LogP contribution in [-0.4, -0.2) is 48.8 Å². The first-order chi connectivity index (χ1) is 21.4. The van der Waals surface area contributed by atoms with Crippen LogP contribution in [0.4, 0.5) is 0 Å². The zero-order chi connectivity index (χ0) is 29.1. The van der Waals surface area contributed by atoms with Crippen LogP contribution in [0.1, 0.15) is 12.8 Å². The van der Waals surface area contributed by atoms with Crippen molar-refractivity contribution in [1.82, 2.24) is 9.13 Å². The molecule has 6 aromatic rings. The smallest absolute Gasteiger partial charge is 0.379 e. The van der Waals surface area contributed by atoms with Gasteiger partial charge in [-0.25, -0.2) is 48.5 Å². The van der Waals surface area contributed by atoms with Gasteiger partial charge in [-0.2, -0.15) is 0 Å². The topological polar surface area (TPSA) is 37.6 Å². The maximum atomic E-state index is 5.87. The predicted octanol–water partition coefficient (Wildman–Crippen LogP) is -3.05. The van der Waals surface area contributed by atoms with Crippen LogP contribution >= 0.6 is 45.3 Å². The maximum absolute atomic E-state index is 5.87. The van der Waals surface area contributed by atoms with E-state index < -0.39 is 0 Å². The molecule has 0 unspecified atom stereocenters. The minimum atomic E-state index is 0. The number of ether oxygens (including phenoxy) is 3. The summed E-state index contributed by atoms with van der Waals surface area (Å²) in [7, 11) is 0. The van der Waals surface area contributed by atoms with Gasteiger partial charge in [0.1, 0.15) is 0 Å². The van der Waals surface area contributed by atoms with Crippen LogP contribution < -0.4 is 75.4 Å². The van der Waals surface area contributed by atoms with Gasteiger partial charge in [-0.05, 0) is 35.6 Å². The number of hydrogen-bond donors (Lipinski definition) is 0. The van der Waals surface area contributed by atoms with E-state index >= 15 is 0 Å². The molecule has 6 rings (SSSR count). The average molecular weight is 673 g/mol. The Morgan fingerprint density at radius 1 is 0.426 bits per heavy atom. The first-order valence-corrected chi connectivity index (χ1v) is 17.8. The monoisotopic (exact) mass is 672 g/mol. The molecule has 0 saturated carbocycles. The molecule has 0 aromatic carbocycles. The van der Waals surface area contributed by atoms with Gasteiger partial charge >= 0.3 is 75.4 Å². The van der Waals surface area contributed by atoms with Crippen LogP contribution in [-0.2, 0) is 27.3 Å². The molecule has 6 aromatic heterocycles. The molecule has 13 heteroatoms. The fourth-order valence-electron chi connectivity index (χ4n) is 4.97. The zero-order valence-electron chi connectivity index (χ0n) is 27.8. The first-order valence-electron chi connectivity index (χ1n) is 14.3. The van der Waals surface area contributed by atoms with Gasteiger partial charge in [0.25, 0.3) is 0 Å². The van der Waals surface area contributed by atoms with Gasteiger partial charge in [0, 0.05) is 26.3 Å². The van der Waals surface area contributed by atoms with Crippen LogP contribution in [0.3, 0.4) is 0 Å². The molecule has 0 radical (unpaired) electrons. The maximum Gasteiger partial charge on any atom is 1.00 e. The Morgan fingerprint density at radius 2 is 0.702 bits per heavy atom. The molecule has 0 amide bonds.